The van der Waals surface area contributed by atoms with Crippen LogP contribution < -0.4 is 0 Å². The number of hydrogen-bond acceptors (Lipinski definition) is 6. The molecule has 1 saturated carbocycles. The summed E-state index contributed by atoms with van der Waals surface area (Å²) in [5.74, 6) is -3.32. The summed E-state index contributed by atoms with van der Waals surface area (Å²) in [5.41, 5.74) is -2.56. The molecule has 0 heterocycles. The Kier molecular flexibility index (Phi) is 3.59. The summed E-state index contributed by atoms with van der Waals surface area (Å²) in [6, 6.07) is 0. The van der Waals surface area contributed by atoms with Crippen molar-refractivity contribution < 1.29 is 28.7 Å². The maximum Gasteiger partial charge on any atom is 0.310 e. The Labute approximate surface area is 105 Å². The number of aldehydes is 2. The van der Waals surface area contributed by atoms with Gasteiger partial charge in [0.2, 0.25) is 0 Å². The molecule has 1 fully saturated rings. The van der Waals surface area contributed by atoms with Crippen LogP contribution in [0.3, 0.4) is 0 Å². The van der Waals surface area contributed by atoms with E-state index in [-0.39, 0.29) is 0 Å². The van der Waals surface area contributed by atoms with Crippen LogP contribution in [0.2, 0.25) is 0 Å². The maximum atomic E-state index is 11.7. The summed E-state index contributed by atoms with van der Waals surface area (Å²) in [4.78, 5) is 45.9. The fraction of sp³-hybridized carbons (Fsp3) is 0.667. The van der Waals surface area contributed by atoms with Gasteiger partial charge >= 0.3 is 11.9 Å². The fourth-order valence-corrected chi connectivity index (χ4v) is 3.10. The van der Waals surface area contributed by atoms with Crippen LogP contribution in [0.25, 0.3) is 0 Å². The molecule has 0 unspecified atom stereocenters. The number of carbonyl (C=O) groups excluding carboxylic acids is 4. The van der Waals surface area contributed by atoms with Crippen molar-refractivity contribution in [3.63, 3.8) is 0 Å². The first kappa shape index (κ1) is 14.3. The molecule has 0 aromatic carbocycles. The highest BCUT2D eigenvalue weighted by Crippen LogP contribution is 2.62. The Bertz CT molecular complexity index is 353. The number of hydrogen-bond donors (Lipinski definition) is 0. The summed E-state index contributed by atoms with van der Waals surface area (Å²) in [5, 5.41) is 0. The van der Waals surface area contributed by atoms with Crippen LogP contribution in [0.1, 0.15) is 13.8 Å². The second kappa shape index (κ2) is 4.51. The highest BCUT2D eigenvalue weighted by Gasteiger charge is 2.73. The van der Waals surface area contributed by atoms with Gasteiger partial charge in [-0.1, -0.05) is 13.8 Å². The molecule has 0 spiro atoms. The highest BCUT2D eigenvalue weighted by atomic mass is 16.5. The minimum atomic E-state index is -1.28. The summed E-state index contributed by atoms with van der Waals surface area (Å²) in [7, 11) is 2.34. The predicted octanol–water partition coefficient (Wildman–Crippen LogP) is -0.0112. The minimum absolute atomic E-state index is 0.515. The summed E-state index contributed by atoms with van der Waals surface area (Å²) >= 11 is 0. The second-order valence-electron chi connectivity index (χ2n) is 4.88. The molecular formula is C12H16O6. The van der Waals surface area contributed by atoms with E-state index in [0.717, 1.165) is 0 Å². The largest absolute Gasteiger partial charge is 0.469 e. The summed E-state index contributed by atoms with van der Waals surface area (Å²) < 4.78 is 9.20. The third-order valence-electron chi connectivity index (χ3n) is 3.87. The van der Waals surface area contributed by atoms with Crippen LogP contribution in [-0.4, -0.2) is 38.7 Å². The lowest BCUT2D eigenvalue weighted by Gasteiger charge is -2.58. The predicted molar refractivity (Wildman–Crippen MR) is 59.4 cm³/mol. The first-order valence-electron chi connectivity index (χ1n) is 5.41. The molecule has 18 heavy (non-hydrogen) atoms. The maximum absolute atomic E-state index is 11.7. The Morgan fingerprint density at radius 3 is 1.33 bits per heavy atom. The third-order valence-corrected chi connectivity index (χ3v) is 3.87. The zero-order valence-electron chi connectivity index (χ0n) is 10.8. The van der Waals surface area contributed by atoms with Gasteiger partial charge in [0, 0.05) is 0 Å². The smallest absolute Gasteiger partial charge is 0.310 e. The Balaban J connectivity index is 3.29. The molecule has 0 atom stereocenters. The number of esters is 2. The number of ether oxygens (including phenoxy) is 2. The van der Waals surface area contributed by atoms with Gasteiger partial charge in [-0.05, 0) is 0 Å². The van der Waals surface area contributed by atoms with E-state index in [1.165, 1.54) is 28.1 Å². The van der Waals surface area contributed by atoms with Crippen molar-refractivity contribution in [2.45, 2.75) is 13.8 Å². The number of methoxy groups -OCH3 is 2. The van der Waals surface area contributed by atoms with Crippen LogP contribution in [0.5, 0.6) is 0 Å². The quantitative estimate of drug-likeness (QED) is 0.519. The van der Waals surface area contributed by atoms with Crippen molar-refractivity contribution in [2.24, 2.45) is 22.7 Å². The molecule has 0 aliphatic heterocycles. The van der Waals surface area contributed by atoms with Crippen molar-refractivity contribution in [3.05, 3.63) is 0 Å². The zero-order valence-corrected chi connectivity index (χ0v) is 10.8. The Hall–Kier alpha value is -1.72. The van der Waals surface area contributed by atoms with Crippen molar-refractivity contribution >= 4 is 24.5 Å². The van der Waals surface area contributed by atoms with Crippen molar-refractivity contribution in [1.29, 1.82) is 0 Å². The van der Waals surface area contributed by atoms with Gasteiger partial charge < -0.3 is 19.1 Å². The molecule has 0 aromatic rings. The molecule has 0 N–H and O–H groups in total. The molecular weight excluding hydrogens is 240 g/mol. The number of carbonyl (C=O) groups is 4. The molecule has 0 amide bonds. The molecule has 0 aromatic heterocycles. The standard InChI is InChI=1S/C12H16O6/c1-11(5-13)7(9(15)17-3)12(2,6-14)8(11)10(16)18-4/h5-8H,1-4H3. The van der Waals surface area contributed by atoms with Crippen LogP contribution in [-0.2, 0) is 28.7 Å². The van der Waals surface area contributed by atoms with E-state index in [1.54, 1.807) is 0 Å². The topological polar surface area (TPSA) is 86.7 Å². The molecule has 0 radical (unpaired) electrons. The van der Waals surface area contributed by atoms with Gasteiger partial charge in [0.15, 0.2) is 0 Å². The van der Waals surface area contributed by atoms with E-state index < -0.39 is 34.6 Å². The number of rotatable bonds is 4. The molecule has 0 saturated heterocycles. The lowest BCUT2D eigenvalue weighted by atomic mass is 9.40. The summed E-state index contributed by atoms with van der Waals surface area (Å²) in [6.45, 7) is 2.91. The first-order chi connectivity index (χ1) is 8.33. The lowest BCUT2D eigenvalue weighted by molar-refractivity contribution is -0.209. The molecule has 100 valence electrons. The van der Waals surface area contributed by atoms with Crippen molar-refractivity contribution in [2.75, 3.05) is 14.2 Å². The molecule has 0 bridgehead atoms. The average Bonchev–Trinajstić information content (AvgIpc) is 2.37. The van der Waals surface area contributed by atoms with Crippen LogP contribution >= 0.6 is 0 Å². The molecule has 1 rings (SSSR count). The van der Waals surface area contributed by atoms with Crippen LogP contribution in [0.15, 0.2) is 0 Å². The third kappa shape index (κ3) is 1.55. The van der Waals surface area contributed by atoms with Gasteiger partial charge in [0.05, 0.1) is 36.9 Å². The van der Waals surface area contributed by atoms with Gasteiger partial charge in [-0.3, -0.25) is 9.59 Å². The van der Waals surface area contributed by atoms with E-state index in [2.05, 4.69) is 9.47 Å². The van der Waals surface area contributed by atoms with Crippen molar-refractivity contribution in [3.8, 4) is 0 Å². The lowest BCUT2D eigenvalue weighted by Crippen LogP contribution is -2.69. The Morgan fingerprint density at radius 2 is 1.17 bits per heavy atom. The monoisotopic (exact) mass is 256 g/mol. The zero-order chi connectivity index (χ0) is 14.1. The minimum Gasteiger partial charge on any atom is -0.469 e. The second-order valence-corrected chi connectivity index (χ2v) is 4.88. The molecule has 1 aliphatic carbocycles. The van der Waals surface area contributed by atoms with E-state index in [9.17, 15) is 19.2 Å². The van der Waals surface area contributed by atoms with Gasteiger partial charge in [-0.15, -0.1) is 0 Å². The van der Waals surface area contributed by atoms with E-state index in [0.29, 0.717) is 12.6 Å². The fourth-order valence-electron chi connectivity index (χ4n) is 3.10. The van der Waals surface area contributed by atoms with Crippen LogP contribution in [0, 0.1) is 22.7 Å². The molecule has 6 nitrogen and oxygen atoms in total. The van der Waals surface area contributed by atoms with Crippen molar-refractivity contribution in [1.82, 2.24) is 0 Å². The van der Waals surface area contributed by atoms with E-state index in [4.69, 9.17) is 0 Å². The van der Waals surface area contributed by atoms with Gasteiger partial charge in [-0.25, -0.2) is 0 Å². The van der Waals surface area contributed by atoms with E-state index >= 15 is 0 Å². The summed E-state index contributed by atoms with van der Waals surface area (Å²) in [6.07, 6.45) is 1.03. The molecule has 1 aliphatic rings. The van der Waals surface area contributed by atoms with E-state index in [1.807, 2.05) is 0 Å². The molecule has 6 heteroatoms. The van der Waals surface area contributed by atoms with Gasteiger partial charge in [0.25, 0.3) is 0 Å². The average molecular weight is 256 g/mol. The Morgan fingerprint density at radius 1 is 0.889 bits per heavy atom. The van der Waals surface area contributed by atoms with Gasteiger partial charge in [-0.2, -0.15) is 0 Å². The van der Waals surface area contributed by atoms with Gasteiger partial charge in [0.1, 0.15) is 12.6 Å². The van der Waals surface area contributed by atoms with Crippen LogP contribution in [0.4, 0.5) is 0 Å². The normalized spacial score (nSPS) is 38.2. The first-order valence-corrected chi connectivity index (χ1v) is 5.41. The highest BCUT2D eigenvalue weighted by molar-refractivity contribution is 5.96. The SMILES string of the molecule is COC(=O)C1C(C)(C=O)C(C(=O)OC)C1(C)C=O.